The number of halogens is 1. The van der Waals surface area contributed by atoms with E-state index in [2.05, 4.69) is 31.3 Å². The van der Waals surface area contributed by atoms with Crippen molar-refractivity contribution in [1.29, 1.82) is 0 Å². The third-order valence-corrected chi connectivity index (χ3v) is 5.83. The summed E-state index contributed by atoms with van der Waals surface area (Å²) in [5, 5.41) is 4.65. The summed E-state index contributed by atoms with van der Waals surface area (Å²) >= 11 is 6.41. The quantitative estimate of drug-likeness (QED) is 0.830. The molecule has 3 unspecified atom stereocenters. The molecule has 0 amide bonds. The van der Waals surface area contributed by atoms with E-state index in [1.807, 2.05) is 12.1 Å². The van der Waals surface area contributed by atoms with Crippen molar-refractivity contribution >= 4 is 11.6 Å². The van der Waals surface area contributed by atoms with Gasteiger partial charge in [-0.1, -0.05) is 50.1 Å². The summed E-state index contributed by atoms with van der Waals surface area (Å²) in [5.41, 5.74) is 1.78. The molecule has 1 N–H and O–H groups in total. The third-order valence-electron chi connectivity index (χ3n) is 5.47. The van der Waals surface area contributed by atoms with Crippen molar-refractivity contribution in [2.24, 2.45) is 17.3 Å². The number of hydrogen-bond acceptors (Lipinski definition) is 1. The molecule has 0 heterocycles. The van der Waals surface area contributed by atoms with Crippen molar-refractivity contribution in [3.8, 4) is 0 Å². The number of rotatable bonds is 5. The monoisotopic (exact) mass is 291 g/mol. The number of fused-ring (bicyclic) bond motifs is 2. The second-order valence-electron chi connectivity index (χ2n) is 7.25. The Kier molecular flexibility index (Phi) is 4.10. The largest absolute Gasteiger partial charge is 0.314 e. The summed E-state index contributed by atoms with van der Waals surface area (Å²) < 4.78 is 0. The Morgan fingerprint density at radius 3 is 2.70 bits per heavy atom. The van der Waals surface area contributed by atoms with Crippen molar-refractivity contribution in [2.75, 3.05) is 6.54 Å². The van der Waals surface area contributed by atoms with Gasteiger partial charge >= 0.3 is 0 Å². The maximum atomic E-state index is 6.41. The molecule has 0 aliphatic heterocycles. The molecule has 1 aromatic carbocycles. The van der Waals surface area contributed by atoms with E-state index in [-0.39, 0.29) is 0 Å². The van der Waals surface area contributed by atoms with Gasteiger partial charge in [-0.3, -0.25) is 0 Å². The van der Waals surface area contributed by atoms with Gasteiger partial charge in [0, 0.05) is 17.6 Å². The molecule has 0 radical (unpaired) electrons. The predicted molar refractivity (Wildman–Crippen MR) is 86.2 cm³/mol. The molecule has 2 fully saturated rings. The standard InChI is InChI=1S/C18H26ClN/c1-13(2)20-12-18(10-14-7-8-16(18)9-14)11-15-5-3-4-6-17(15)19/h3-6,13-14,16,20H,7-12H2,1-2H3. The SMILES string of the molecule is CC(C)NCC1(Cc2ccccc2Cl)CC2CCC1C2. The lowest BCUT2D eigenvalue weighted by molar-refractivity contribution is 0.152. The average Bonchev–Trinajstić information content (AvgIpc) is 3.00. The van der Waals surface area contributed by atoms with Crippen LogP contribution in [0.2, 0.25) is 5.02 Å². The summed E-state index contributed by atoms with van der Waals surface area (Å²) in [7, 11) is 0. The van der Waals surface area contributed by atoms with Crippen LogP contribution in [0.3, 0.4) is 0 Å². The van der Waals surface area contributed by atoms with Crippen molar-refractivity contribution < 1.29 is 0 Å². The van der Waals surface area contributed by atoms with Gasteiger partial charge in [0.25, 0.3) is 0 Å². The van der Waals surface area contributed by atoms with E-state index in [0.29, 0.717) is 11.5 Å². The summed E-state index contributed by atoms with van der Waals surface area (Å²) in [6, 6.07) is 8.97. The molecule has 20 heavy (non-hydrogen) atoms. The Morgan fingerprint density at radius 2 is 2.10 bits per heavy atom. The summed E-state index contributed by atoms with van der Waals surface area (Å²) in [6.45, 7) is 5.64. The first kappa shape index (κ1) is 14.4. The van der Waals surface area contributed by atoms with Crippen LogP contribution in [0.4, 0.5) is 0 Å². The Morgan fingerprint density at radius 1 is 1.30 bits per heavy atom. The van der Waals surface area contributed by atoms with E-state index >= 15 is 0 Å². The molecule has 1 aromatic rings. The molecule has 3 rings (SSSR count). The van der Waals surface area contributed by atoms with Crippen LogP contribution in [-0.4, -0.2) is 12.6 Å². The van der Waals surface area contributed by atoms with Gasteiger partial charge in [0.1, 0.15) is 0 Å². The molecule has 110 valence electrons. The molecule has 0 aromatic heterocycles. The van der Waals surface area contributed by atoms with E-state index in [1.54, 1.807) is 0 Å². The van der Waals surface area contributed by atoms with E-state index in [4.69, 9.17) is 11.6 Å². The molecule has 1 nitrogen and oxygen atoms in total. The molecule has 2 bridgehead atoms. The van der Waals surface area contributed by atoms with Gasteiger partial charge in [0.15, 0.2) is 0 Å². The number of hydrogen-bond donors (Lipinski definition) is 1. The van der Waals surface area contributed by atoms with Crippen LogP contribution in [0.25, 0.3) is 0 Å². The molecule has 2 saturated carbocycles. The molecule has 0 saturated heterocycles. The van der Waals surface area contributed by atoms with Crippen molar-refractivity contribution in [3.05, 3.63) is 34.9 Å². The minimum Gasteiger partial charge on any atom is -0.314 e. The zero-order chi connectivity index (χ0) is 14.2. The average molecular weight is 292 g/mol. The first-order chi connectivity index (χ1) is 9.59. The highest BCUT2D eigenvalue weighted by molar-refractivity contribution is 6.31. The normalized spacial score (nSPS) is 32.2. The maximum Gasteiger partial charge on any atom is 0.0438 e. The minimum absolute atomic E-state index is 0.443. The number of benzene rings is 1. The van der Waals surface area contributed by atoms with Gasteiger partial charge in [-0.05, 0) is 54.6 Å². The third kappa shape index (κ3) is 2.76. The van der Waals surface area contributed by atoms with Crippen molar-refractivity contribution in [3.63, 3.8) is 0 Å². The fraction of sp³-hybridized carbons (Fsp3) is 0.667. The van der Waals surface area contributed by atoms with Crippen LogP contribution in [0.15, 0.2) is 24.3 Å². The van der Waals surface area contributed by atoms with Crippen LogP contribution in [0.5, 0.6) is 0 Å². The van der Waals surface area contributed by atoms with E-state index < -0.39 is 0 Å². The Hall–Kier alpha value is -0.530. The van der Waals surface area contributed by atoms with Gasteiger partial charge in [-0.25, -0.2) is 0 Å². The maximum absolute atomic E-state index is 6.41. The van der Waals surface area contributed by atoms with Gasteiger partial charge in [0.05, 0.1) is 0 Å². The Bertz CT molecular complexity index is 470. The van der Waals surface area contributed by atoms with Gasteiger partial charge in [0.2, 0.25) is 0 Å². The summed E-state index contributed by atoms with van der Waals surface area (Å²) in [4.78, 5) is 0. The summed E-state index contributed by atoms with van der Waals surface area (Å²) in [5.74, 6) is 1.87. The first-order valence-corrected chi connectivity index (χ1v) is 8.44. The molecule has 2 heteroatoms. The van der Waals surface area contributed by atoms with Crippen LogP contribution >= 0.6 is 11.6 Å². The van der Waals surface area contributed by atoms with E-state index in [9.17, 15) is 0 Å². The highest BCUT2D eigenvalue weighted by atomic mass is 35.5. The van der Waals surface area contributed by atoms with Gasteiger partial charge < -0.3 is 5.32 Å². The van der Waals surface area contributed by atoms with Crippen LogP contribution < -0.4 is 5.32 Å². The second-order valence-corrected chi connectivity index (χ2v) is 7.65. The van der Waals surface area contributed by atoms with E-state index in [1.165, 1.54) is 31.2 Å². The van der Waals surface area contributed by atoms with Crippen molar-refractivity contribution in [2.45, 2.75) is 52.0 Å². The minimum atomic E-state index is 0.443. The smallest absolute Gasteiger partial charge is 0.0438 e. The summed E-state index contributed by atoms with van der Waals surface area (Å²) in [6.07, 6.45) is 6.87. The lowest BCUT2D eigenvalue weighted by Crippen LogP contribution is -2.42. The number of nitrogens with one attached hydrogen (secondary N) is 1. The predicted octanol–water partition coefficient (Wildman–Crippen LogP) is 4.69. The molecular weight excluding hydrogens is 266 g/mol. The molecule has 2 aliphatic rings. The molecule has 3 atom stereocenters. The highest BCUT2D eigenvalue weighted by Crippen LogP contribution is 2.57. The van der Waals surface area contributed by atoms with Crippen LogP contribution in [0, 0.1) is 17.3 Å². The first-order valence-electron chi connectivity index (χ1n) is 8.06. The van der Waals surface area contributed by atoms with Crippen LogP contribution in [-0.2, 0) is 6.42 Å². The molecule has 0 spiro atoms. The Balaban J connectivity index is 1.81. The highest BCUT2D eigenvalue weighted by Gasteiger charge is 2.50. The fourth-order valence-corrected chi connectivity index (χ4v) is 4.68. The molecule has 2 aliphatic carbocycles. The molecular formula is C18H26ClN. The van der Waals surface area contributed by atoms with Gasteiger partial charge in [-0.2, -0.15) is 0 Å². The lowest BCUT2D eigenvalue weighted by Gasteiger charge is -2.39. The van der Waals surface area contributed by atoms with Crippen molar-refractivity contribution in [1.82, 2.24) is 5.32 Å². The van der Waals surface area contributed by atoms with Crippen LogP contribution in [0.1, 0.15) is 45.1 Å². The fourth-order valence-electron chi connectivity index (χ4n) is 4.48. The van der Waals surface area contributed by atoms with Gasteiger partial charge in [-0.15, -0.1) is 0 Å². The Labute approximate surface area is 128 Å². The second kappa shape index (κ2) is 5.69. The lowest BCUT2D eigenvalue weighted by atomic mass is 9.69. The zero-order valence-corrected chi connectivity index (χ0v) is 13.4. The van der Waals surface area contributed by atoms with E-state index in [0.717, 1.165) is 29.8 Å². The zero-order valence-electron chi connectivity index (χ0n) is 12.7. The topological polar surface area (TPSA) is 12.0 Å².